The molecular formula is C14H9ClF2O2. The van der Waals surface area contributed by atoms with Gasteiger partial charge in [0.15, 0.2) is 0 Å². The maximum absolute atomic E-state index is 13.9. The van der Waals surface area contributed by atoms with E-state index in [2.05, 4.69) is 0 Å². The first kappa shape index (κ1) is 13.5. The lowest BCUT2D eigenvalue weighted by Crippen LogP contribution is -2.03. The van der Waals surface area contributed by atoms with Crippen molar-refractivity contribution in [3.8, 4) is 11.1 Å². The topological polar surface area (TPSA) is 37.3 Å². The van der Waals surface area contributed by atoms with Gasteiger partial charge in [-0.25, -0.2) is 8.78 Å². The van der Waals surface area contributed by atoms with Crippen molar-refractivity contribution in [3.63, 3.8) is 0 Å². The Morgan fingerprint density at radius 3 is 2.58 bits per heavy atom. The van der Waals surface area contributed by atoms with Crippen LogP contribution in [0.3, 0.4) is 0 Å². The lowest BCUT2D eigenvalue weighted by molar-refractivity contribution is -0.136. The molecule has 0 aliphatic rings. The van der Waals surface area contributed by atoms with E-state index in [0.29, 0.717) is 0 Å². The van der Waals surface area contributed by atoms with Crippen LogP contribution >= 0.6 is 11.6 Å². The van der Waals surface area contributed by atoms with E-state index in [1.54, 1.807) is 0 Å². The van der Waals surface area contributed by atoms with Gasteiger partial charge in [0.1, 0.15) is 11.6 Å². The first-order valence-electron chi connectivity index (χ1n) is 5.43. The minimum absolute atomic E-state index is 0.0614. The van der Waals surface area contributed by atoms with Crippen molar-refractivity contribution < 1.29 is 18.7 Å². The summed E-state index contributed by atoms with van der Waals surface area (Å²) >= 11 is 5.73. The molecule has 0 heterocycles. The molecule has 2 rings (SSSR count). The van der Waals surface area contributed by atoms with Gasteiger partial charge in [-0.2, -0.15) is 0 Å². The van der Waals surface area contributed by atoms with Crippen LogP contribution < -0.4 is 0 Å². The third-order valence-electron chi connectivity index (χ3n) is 2.59. The van der Waals surface area contributed by atoms with Gasteiger partial charge in [-0.1, -0.05) is 23.7 Å². The number of aliphatic carboxylic acids is 1. The smallest absolute Gasteiger partial charge is 0.307 e. The molecule has 2 nitrogen and oxygen atoms in total. The van der Waals surface area contributed by atoms with E-state index >= 15 is 0 Å². The van der Waals surface area contributed by atoms with Gasteiger partial charge in [0.2, 0.25) is 0 Å². The van der Waals surface area contributed by atoms with Gasteiger partial charge >= 0.3 is 5.97 Å². The molecule has 0 atom stereocenters. The molecule has 0 aliphatic carbocycles. The molecule has 0 saturated carbocycles. The van der Waals surface area contributed by atoms with Gasteiger partial charge in [0, 0.05) is 10.6 Å². The molecule has 1 N–H and O–H groups in total. The SMILES string of the molecule is O=C(O)Cc1cccc(F)c1-c1cc(F)cc(Cl)c1. The highest BCUT2D eigenvalue weighted by Gasteiger charge is 2.14. The Balaban J connectivity index is 2.62. The quantitative estimate of drug-likeness (QED) is 0.926. The maximum atomic E-state index is 13.9. The summed E-state index contributed by atoms with van der Waals surface area (Å²) in [6, 6.07) is 7.72. The van der Waals surface area contributed by atoms with Crippen LogP contribution in [0, 0.1) is 11.6 Å². The van der Waals surface area contributed by atoms with Gasteiger partial charge < -0.3 is 5.11 Å². The molecule has 2 aromatic carbocycles. The molecule has 5 heteroatoms. The predicted octanol–water partition coefficient (Wildman–Crippen LogP) is 3.91. The minimum atomic E-state index is -1.09. The van der Waals surface area contributed by atoms with Gasteiger partial charge in [-0.3, -0.25) is 4.79 Å². The van der Waals surface area contributed by atoms with Crippen LogP contribution in [0.5, 0.6) is 0 Å². The molecule has 0 fully saturated rings. The Morgan fingerprint density at radius 1 is 1.21 bits per heavy atom. The summed E-state index contributed by atoms with van der Waals surface area (Å²) in [5.41, 5.74) is 0.555. The van der Waals surface area contributed by atoms with E-state index in [1.807, 2.05) is 0 Å². The highest BCUT2D eigenvalue weighted by atomic mass is 35.5. The Bertz CT molecular complexity index is 621. The van der Waals surface area contributed by atoms with Crippen molar-refractivity contribution in [2.75, 3.05) is 0 Å². The molecule has 0 aliphatic heterocycles. The summed E-state index contributed by atoms with van der Waals surface area (Å²) in [4.78, 5) is 10.8. The van der Waals surface area contributed by atoms with Crippen molar-refractivity contribution >= 4 is 17.6 Å². The fraction of sp³-hybridized carbons (Fsp3) is 0.0714. The van der Waals surface area contributed by atoms with Crippen molar-refractivity contribution in [2.24, 2.45) is 0 Å². The van der Waals surface area contributed by atoms with E-state index in [1.165, 1.54) is 24.3 Å². The van der Waals surface area contributed by atoms with E-state index in [-0.39, 0.29) is 28.1 Å². The fourth-order valence-electron chi connectivity index (χ4n) is 1.90. The summed E-state index contributed by atoms with van der Waals surface area (Å²) in [5, 5.41) is 8.94. The largest absolute Gasteiger partial charge is 0.481 e. The van der Waals surface area contributed by atoms with Gasteiger partial charge in [-0.15, -0.1) is 0 Å². The number of hydrogen-bond acceptors (Lipinski definition) is 1. The molecule has 0 aromatic heterocycles. The number of hydrogen-bond donors (Lipinski definition) is 1. The first-order chi connectivity index (χ1) is 8.97. The zero-order valence-corrected chi connectivity index (χ0v) is 10.4. The van der Waals surface area contributed by atoms with Gasteiger partial charge in [-0.05, 0) is 35.4 Å². The number of carbonyl (C=O) groups is 1. The third-order valence-corrected chi connectivity index (χ3v) is 2.81. The van der Waals surface area contributed by atoms with E-state index in [9.17, 15) is 13.6 Å². The van der Waals surface area contributed by atoms with E-state index in [4.69, 9.17) is 16.7 Å². The number of carboxylic acids is 1. The molecule has 19 heavy (non-hydrogen) atoms. The Labute approximate surface area is 113 Å². The van der Waals surface area contributed by atoms with Crippen molar-refractivity contribution in [1.29, 1.82) is 0 Å². The molecule has 0 amide bonds. The number of benzene rings is 2. The van der Waals surface area contributed by atoms with Gasteiger partial charge in [0.25, 0.3) is 0 Å². The fourth-order valence-corrected chi connectivity index (χ4v) is 2.12. The monoisotopic (exact) mass is 282 g/mol. The lowest BCUT2D eigenvalue weighted by Gasteiger charge is -2.10. The maximum Gasteiger partial charge on any atom is 0.307 e. The standard InChI is InChI=1S/C14H9ClF2O2/c15-10-4-9(5-11(16)7-10)14-8(6-13(18)19)2-1-3-12(14)17/h1-5,7H,6H2,(H,18,19). The molecule has 0 radical (unpaired) electrons. The molecular weight excluding hydrogens is 274 g/mol. The van der Waals surface area contributed by atoms with E-state index in [0.717, 1.165) is 12.1 Å². The van der Waals surface area contributed by atoms with Crippen LogP contribution in [-0.4, -0.2) is 11.1 Å². The minimum Gasteiger partial charge on any atom is -0.481 e. The van der Waals surface area contributed by atoms with E-state index < -0.39 is 17.6 Å². The average molecular weight is 283 g/mol. The first-order valence-corrected chi connectivity index (χ1v) is 5.81. The third kappa shape index (κ3) is 3.09. The second kappa shape index (κ2) is 5.36. The lowest BCUT2D eigenvalue weighted by atomic mass is 9.97. The summed E-state index contributed by atoms with van der Waals surface area (Å²) < 4.78 is 27.2. The molecule has 98 valence electrons. The predicted molar refractivity (Wildman–Crippen MR) is 68.1 cm³/mol. The highest BCUT2D eigenvalue weighted by Crippen LogP contribution is 2.30. The number of rotatable bonds is 3. The zero-order valence-electron chi connectivity index (χ0n) is 9.66. The second-order valence-corrected chi connectivity index (χ2v) is 4.44. The Morgan fingerprint density at radius 2 is 1.95 bits per heavy atom. The Hall–Kier alpha value is -1.94. The number of carboxylic acid groups (broad SMARTS) is 1. The van der Waals surface area contributed by atoms with Gasteiger partial charge in [0.05, 0.1) is 6.42 Å². The summed E-state index contributed by atoms with van der Waals surface area (Å²) in [5.74, 6) is -2.30. The van der Waals surface area contributed by atoms with Crippen molar-refractivity contribution in [1.82, 2.24) is 0 Å². The van der Waals surface area contributed by atoms with Crippen molar-refractivity contribution in [3.05, 3.63) is 58.6 Å². The summed E-state index contributed by atoms with van der Waals surface area (Å²) in [6.07, 6.45) is -0.346. The summed E-state index contributed by atoms with van der Waals surface area (Å²) in [7, 11) is 0. The molecule has 0 unspecified atom stereocenters. The zero-order chi connectivity index (χ0) is 14.0. The van der Waals surface area contributed by atoms with Crippen LogP contribution in [0.15, 0.2) is 36.4 Å². The molecule has 0 saturated heterocycles. The van der Waals surface area contributed by atoms with Crippen molar-refractivity contribution in [2.45, 2.75) is 6.42 Å². The van der Waals surface area contributed by atoms with Crippen LogP contribution in [0.4, 0.5) is 8.78 Å². The highest BCUT2D eigenvalue weighted by molar-refractivity contribution is 6.30. The van der Waals surface area contributed by atoms with Crippen LogP contribution in [0.2, 0.25) is 5.02 Å². The van der Waals surface area contributed by atoms with Crippen LogP contribution in [0.1, 0.15) is 5.56 Å². The number of halogens is 3. The Kier molecular flexibility index (Phi) is 3.81. The average Bonchev–Trinajstić information content (AvgIpc) is 2.26. The molecule has 0 spiro atoms. The van der Waals surface area contributed by atoms with Crippen LogP contribution in [-0.2, 0) is 11.2 Å². The second-order valence-electron chi connectivity index (χ2n) is 4.00. The van der Waals surface area contributed by atoms with Crippen LogP contribution in [0.25, 0.3) is 11.1 Å². The summed E-state index contributed by atoms with van der Waals surface area (Å²) in [6.45, 7) is 0. The molecule has 0 bridgehead atoms. The molecule has 2 aromatic rings. The normalized spacial score (nSPS) is 10.5.